The Morgan fingerprint density at radius 1 is 1.08 bits per heavy atom. The van der Waals surface area contributed by atoms with Crippen molar-refractivity contribution >= 4 is 22.5 Å². The molecule has 3 heterocycles. The number of ether oxygens (including phenoxy) is 1. The van der Waals surface area contributed by atoms with Gasteiger partial charge in [-0.1, -0.05) is 53.3 Å². The lowest BCUT2D eigenvalue weighted by atomic mass is 9.98. The number of piperidine rings is 1. The summed E-state index contributed by atoms with van der Waals surface area (Å²) in [5.41, 5.74) is 5.08. The summed E-state index contributed by atoms with van der Waals surface area (Å²) in [5.74, 6) is 6.68. The van der Waals surface area contributed by atoms with Crippen molar-refractivity contribution in [3.8, 4) is 28.7 Å². The Morgan fingerprint density at radius 2 is 1.92 bits per heavy atom. The average molecular weight is 513 g/mol. The van der Waals surface area contributed by atoms with E-state index in [4.69, 9.17) is 16.3 Å². The lowest BCUT2D eigenvalue weighted by Gasteiger charge is -2.24. The lowest BCUT2D eigenvalue weighted by Crippen LogP contribution is -2.35. The van der Waals surface area contributed by atoms with Gasteiger partial charge in [-0.15, -0.1) is 0 Å². The summed E-state index contributed by atoms with van der Waals surface area (Å²) in [4.78, 5) is 24.7. The fourth-order valence-electron chi connectivity index (χ4n) is 4.88. The molecule has 2 aromatic heterocycles. The van der Waals surface area contributed by atoms with Crippen LogP contribution >= 0.6 is 11.6 Å². The maximum Gasteiger partial charge on any atom is 0.260 e. The summed E-state index contributed by atoms with van der Waals surface area (Å²) >= 11 is 6.57. The molecule has 4 aromatic rings. The minimum atomic E-state index is -0.210. The first-order valence-corrected chi connectivity index (χ1v) is 13.0. The number of benzene rings is 2. The number of aromatic amines is 1. The van der Waals surface area contributed by atoms with Crippen LogP contribution in [0.1, 0.15) is 48.1 Å². The lowest BCUT2D eigenvalue weighted by molar-refractivity contribution is 0.271. The highest BCUT2D eigenvalue weighted by Gasteiger charge is 2.19. The highest BCUT2D eigenvalue weighted by molar-refractivity contribution is 6.32. The van der Waals surface area contributed by atoms with Crippen LogP contribution in [0.15, 0.2) is 53.7 Å². The smallest absolute Gasteiger partial charge is 0.260 e. The zero-order valence-electron chi connectivity index (χ0n) is 21.0. The Morgan fingerprint density at radius 3 is 2.65 bits per heavy atom. The van der Waals surface area contributed by atoms with E-state index >= 15 is 0 Å². The maximum atomic E-state index is 13.4. The first-order valence-electron chi connectivity index (χ1n) is 12.6. The average Bonchev–Trinajstić information content (AvgIpc) is 2.88. The highest BCUT2D eigenvalue weighted by atomic mass is 35.5. The molecule has 0 amide bonds. The van der Waals surface area contributed by atoms with Gasteiger partial charge < -0.3 is 15.0 Å². The van der Waals surface area contributed by atoms with Crippen molar-refractivity contribution in [2.24, 2.45) is 0 Å². The van der Waals surface area contributed by atoms with Crippen molar-refractivity contribution in [2.75, 3.05) is 13.2 Å². The van der Waals surface area contributed by atoms with Gasteiger partial charge in [0.2, 0.25) is 0 Å². The van der Waals surface area contributed by atoms with Crippen LogP contribution in [0.5, 0.6) is 5.75 Å². The summed E-state index contributed by atoms with van der Waals surface area (Å²) in [7, 11) is 0. The Bertz CT molecular complexity index is 1530. The normalized spacial score (nSPS) is 15.3. The van der Waals surface area contributed by atoms with Gasteiger partial charge in [-0.3, -0.25) is 9.78 Å². The van der Waals surface area contributed by atoms with Crippen molar-refractivity contribution in [3.05, 3.63) is 86.7 Å². The van der Waals surface area contributed by atoms with Crippen LogP contribution < -0.4 is 15.6 Å². The number of nitrogens with zero attached hydrogens (tertiary/aromatic N) is 2. The molecular weight excluding hydrogens is 484 g/mol. The Labute approximate surface area is 221 Å². The molecular formula is C30H29ClN4O2. The Kier molecular flexibility index (Phi) is 7.55. The van der Waals surface area contributed by atoms with Gasteiger partial charge in [-0.2, -0.15) is 0 Å². The number of aryl methyl sites for hydroxylation is 2. The largest absolute Gasteiger partial charge is 0.492 e. The van der Waals surface area contributed by atoms with E-state index in [1.165, 1.54) is 12.8 Å². The van der Waals surface area contributed by atoms with Gasteiger partial charge in [0, 0.05) is 29.4 Å². The number of aromatic nitrogens is 3. The van der Waals surface area contributed by atoms with E-state index in [1.54, 1.807) is 24.7 Å². The van der Waals surface area contributed by atoms with Gasteiger partial charge >= 0.3 is 0 Å². The van der Waals surface area contributed by atoms with E-state index in [9.17, 15) is 4.79 Å². The number of halogens is 1. The van der Waals surface area contributed by atoms with E-state index in [0.717, 1.165) is 41.5 Å². The molecule has 0 radical (unpaired) electrons. The Balaban J connectivity index is 1.62. The molecule has 1 fully saturated rings. The predicted molar refractivity (Wildman–Crippen MR) is 148 cm³/mol. The SMILES string of the molecule is Cc1cc(C)cc(-c2c(OCCC3CCCCN3)c3cc(C#Cc4cnccn4)c(Cl)cc3[nH]c2=O)c1. The summed E-state index contributed by atoms with van der Waals surface area (Å²) in [6.07, 6.45) is 9.25. The van der Waals surface area contributed by atoms with Gasteiger partial charge in [-0.05, 0) is 63.3 Å². The zero-order chi connectivity index (χ0) is 25.8. The molecule has 1 atom stereocenters. The molecule has 6 nitrogen and oxygen atoms in total. The van der Waals surface area contributed by atoms with Crippen LogP contribution in [0.25, 0.3) is 22.0 Å². The van der Waals surface area contributed by atoms with Crippen LogP contribution in [0.2, 0.25) is 5.02 Å². The van der Waals surface area contributed by atoms with Crippen molar-refractivity contribution in [1.29, 1.82) is 0 Å². The highest BCUT2D eigenvalue weighted by Crippen LogP contribution is 2.36. The predicted octanol–water partition coefficient (Wildman–Crippen LogP) is 5.57. The summed E-state index contributed by atoms with van der Waals surface area (Å²) in [6, 6.07) is 10.2. The molecule has 1 unspecified atom stereocenters. The monoisotopic (exact) mass is 512 g/mol. The molecule has 0 bridgehead atoms. The molecule has 1 saturated heterocycles. The molecule has 2 aromatic carbocycles. The minimum Gasteiger partial charge on any atom is -0.492 e. The van der Waals surface area contributed by atoms with Gasteiger partial charge in [0.05, 0.1) is 28.9 Å². The van der Waals surface area contributed by atoms with Gasteiger partial charge in [0.25, 0.3) is 5.56 Å². The third-order valence-electron chi connectivity index (χ3n) is 6.58. The van der Waals surface area contributed by atoms with Gasteiger partial charge in [0.1, 0.15) is 11.4 Å². The molecule has 0 aliphatic carbocycles. The third-order valence-corrected chi connectivity index (χ3v) is 6.89. The summed E-state index contributed by atoms with van der Waals surface area (Å²) < 4.78 is 6.45. The maximum absolute atomic E-state index is 13.4. The topological polar surface area (TPSA) is 79.9 Å². The van der Waals surface area contributed by atoms with E-state index in [1.807, 2.05) is 32.0 Å². The molecule has 0 spiro atoms. The summed E-state index contributed by atoms with van der Waals surface area (Å²) in [5, 5.41) is 4.77. The molecule has 0 saturated carbocycles. The molecule has 1 aliphatic rings. The van der Waals surface area contributed by atoms with Crippen LogP contribution in [0.3, 0.4) is 0 Å². The summed E-state index contributed by atoms with van der Waals surface area (Å²) in [6.45, 7) is 5.60. The minimum absolute atomic E-state index is 0.210. The number of hydrogen-bond acceptors (Lipinski definition) is 5. The van der Waals surface area contributed by atoms with E-state index in [0.29, 0.717) is 45.8 Å². The number of H-pyrrole nitrogens is 1. The van der Waals surface area contributed by atoms with Gasteiger partial charge in [-0.25, -0.2) is 4.98 Å². The fraction of sp³-hybridized carbons (Fsp3) is 0.300. The third kappa shape index (κ3) is 5.85. The van der Waals surface area contributed by atoms with Crippen molar-refractivity contribution in [2.45, 2.75) is 45.6 Å². The van der Waals surface area contributed by atoms with Crippen LogP contribution in [-0.4, -0.2) is 34.1 Å². The molecule has 7 heteroatoms. The Hall–Kier alpha value is -3.66. The molecule has 2 N–H and O–H groups in total. The number of rotatable bonds is 5. The number of nitrogens with one attached hydrogen (secondary N) is 2. The first-order chi connectivity index (χ1) is 18.0. The molecule has 188 valence electrons. The van der Waals surface area contributed by atoms with Gasteiger partial charge in [0.15, 0.2) is 0 Å². The van der Waals surface area contributed by atoms with Crippen molar-refractivity contribution < 1.29 is 4.74 Å². The zero-order valence-corrected chi connectivity index (χ0v) is 21.8. The van der Waals surface area contributed by atoms with Crippen LogP contribution in [0.4, 0.5) is 0 Å². The molecule has 37 heavy (non-hydrogen) atoms. The van der Waals surface area contributed by atoms with Crippen LogP contribution in [0, 0.1) is 25.7 Å². The van der Waals surface area contributed by atoms with Crippen molar-refractivity contribution in [1.82, 2.24) is 20.3 Å². The van der Waals surface area contributed by atoms with E-state index in [-0.39, 0.29) is 5.56 Å². The second-order valence-electron chi connectivity index (χ2n) is 9.54. The number of hydrogen-bond donors (Lipinski definition) is 2. The van der Waals surface area contributed by atoms with E-state index < -0.39 is 0 Å². The number of fused-ring (bicyclic) bond motifs is 1. The molecule has 1 aliphatic heterocycles. The van der Waals surface area contributed by atoms with E-state index in [2.05, 4.69) is 38.2 Å². The number of pyridine rings is 1. The quantitative estimate of drug-likeness (QED) is 0.342. The molecule has 5 rings (SSSR count). The standard InChI is InChI=1S/C30H29ClN4O2/c1-19-13-20(2)15-22(14-19)28-29(37-12-8-23-5-3-4-9-33-23)25-16-21(6-7-24-18-32-10-11-34-24)26(31)17-27(25)35-30(28)36/h10-11,13-18,23,33H,3-5,8-9,12H2,1-2H3,(H,35,36). The van der Waals surface area contributed by atoms with Crippen LogP contribution in [-0.2, 0) is 0 Å². The van der Waals surface area contributed by atoms with Crippen molar-refractivity contribution in [3.63, 3.8) is 0 Å². The second-order valence-corrected chi connectivity index (χ2v) is 9.94. The second kappa shape index (κ2) is 11.2. The first kappa shape index (κ1) is 25.0. The fourth-order valence-corrected chi connectivity index (χ4v) is 5.09.